The molecule has 1 unspecified atom stereocenters. The second kappa shape index (κ2) is 4.59. The summed E-state index contributed by atoms with van der Waals surface area (Å²) in [5.74, 6) is 0.234. The van der Waals surface area contributed by atoms with Gasteiger partial charge in [-0.3, -0.25) is 0 Å². The first kappa shape index (κ1) is 10.5. The number of aromatic hydroxyl groups is 1. The summed E-state index contributed by atoms with van der Waals surface area (Å²) in [6, 6.07) is 4.00. The van der Waals surface area contributed by atoms with Gasteiger partial charge in [-0.1, -0.05) is 0 Å². The number of hydrogen-bond donors (Lipinski definition) is 2. The first-order valence-electron chi connectivity index (χ1n) is 3.09. The summed E-state index contributed by atoms with van der Waals surface area (Å²) in [5.41, 5.74) is 0. The highest BCUT2D eigenvalue weighted by Crippen LogP contribution is 2.36. The number of phenolic OH excluding ortho intramolecular Hbond substituents is 1. The molecule has 0 heterocycles. The Morgan fingerprint density at radius 2 is 2.08 bits per heavy atom. The summed E-state index contributed by atoms with van der Waals surface area (Å²) in [7, 11) is -2.76. The van der Waals surface area contributed by atoms with E-state index in [1.165, 1.54) is 18.2 Å². The fourth-order valence-electron chi connectivity index (χ4n) is 0.716. The molecule has 1 atom stereocenters. The van der Waals surface area contributed by atoms with Crippen LogP contribution in [0.5, 0.6) is 17.2 Å². The molecule has 0 aliphatic rings. The Kier molecular flexibility index (Phi) is 3.71. The van der Waals surface area contributed by atoms with Gasteiger partial charge in [0, 0.05) is 10.6 Å². The summed E-state index contributed by atoms with van der Waals surface area (Å²) in [6.07, 6.45) is 0. The third kappa shape index (κ3) is 2.98. The summed E-state index contributed by atoms with van der Waals surface area (Å²) < 4.78 is 19.6. The fraction of sp³-hybridized carbons (Fsp3) is 0. The van der Waals surface area contributed by atoms with E-state index in [1.54, 1.807) is 23.0 Å². The van der Waals surface area contributed by atoms with Crippen LogP contribution in [0.15, 0.2) is 18.2 Å². The minimum atomic E-state index is -2.76. The van der Waals surface area contributed by atoms with Gasteiger partial charge in [-0.2, -0.15) is 0 Å². The average Bonchev–Trinajstić information content (AvgIpc) is 2.03. The number of benzene rings is 1. The zero-order valence-electron chi connectivity index (χ0n) is 6.18. The van der Waals surface area contributed by atoms with Gasteiger partial charge in [0.2, 0.25) is 5.75 Å². The van der Waals surface area contributed by atoms with Crippen LogP contribution in [0, 0.1) is 0 Å². The zero-order chi connectivity index (χ0) is 9.84. The Hall–Kier alpha value is -0.590. The quantitative estimate of drug-likeness (QED) is 0.660. The van der Waals surface area contributed by atoms with Gasteiger partial charge in [0.1, 0.15) is 5.75 Å². The van der Waals surface area contributed by atoms with Crippen molar-refractivity contribution in [2.24, 2.45) is 0 Å². The fourth-order valence-corrected chi connectivity index (χ4v) is 1.39. The van der Waals surface area contributed by atoms with E-state index >= 15 is 0 Å². The number of hydrogen-bond acceptors (Lipinski definition) is 4. The van der Waals surface area contributed by atoms with E-state index in [9.17, 15) is 4.57 Å². The van der Waals surface area contributed by atoms with Gasteiger partial charge in [0.25, 0.3) is 0 Å². The first-order chi connectivity index (χ1) is 6.13. The van der Waals surface area contributed by atoms with Crippen molar-refractivity contribution in [3.8, 4) is 17.2 Å². The van der Waals surface area contributed by atoms with Crippen molar-refractivity contribution >= 4 is 31.3 Å². The van der Waals surface area contributed by atoms with Crippen LogP contribution < -0.4 is 7.59 Å². The summed E-state index contributed by atoms with van der Waals surface area (Å²) in [5, 5.41) is 9.03. The van der Waals surface area contributed by atoms with Crippen LogP contribution >= 0.6 is 31.3 Å². The molecule has 13 heavy (non-hydrogen) atoms. The largest absolute Gasteiger partial charge is 0.747 e. The Balaban J connectivity index is 3.01. The average molecular weight is 315 g/mol. The Morgan fingerprint density at radius 3 is 2.62 bits per heavy atom. The number of rotatable bonds is 3. The third-order valence-electron chi connectivity index (χ3n) is 1.19. The molecule has 0 aliphatic heterocycles. The van der Waals surface area contributed by atoms with Gasteiger partial charge in [0.15, 0.2) is 28.8 Å². The van der Waals surface area contributed by atoms with E-state index in [4.69, 9.17) is 13.1 Å². The molecule has 0 spiro atoms. The molecule has 1 rings (SSSR count). The van der Waals surface area contributed by atoms with Crippen LogP contribution in [-0.2, 0) is 4.57 Å². The molecule has 7 heteroatoms. The number of halogens is 1. The molecular formula is C6H5IO5P+. The van der Waals surface area contributed by atoms with Crippen molar-refractivity contribution in [1.29, 1.82) is 0 Å². The first-order valence-corrected chi connectivity index (χ1v) is 5.10. The highest BCUT2D eigenvalue weighted by atomic mass is 127. The normalized spacial score (nSPS) is 10.8. The van der Waals surface area contributed by atoms with Crippen LogP contribution in [0.2, 0.25) is 0 Å². The molecule has 0 aliphatic carbocycles. The Morgan fingerprint density at radius 1 is 1.38 bits per heavy atom. The predicted octanol–water partition coefficient (Wildman–Crippen LogP) is 2.15. The van der Waals surface area contributed by atoms with Crippen LogP contribution in [0.25, 0.3) is 0 Å². The molecule has 0 radical (unpaired) electrons. The molecule has 70 valence electrons. The van der Waals surface area contributed by atoms with Crippen LogP contribution in [0.1, 0.15) is 0 Å². The van der Waals surface area contributed by atoms with Crippen molar-refractivity contribution < 1.29 is 22.2 Å². The SMILES string of the molecule is O=[P+](O)Oc1cc(O)ccc1OI. The lowest BCUT2D eigenvalue weighted by Crippen LogP contribution is -1.84. The maximum atomic E-state index is 10.3. The van der Waals surface area contributed by atoms with Crippen molar-refractivity contribution in [3.63, 3.8) is 0 Å². The van der Waals surface area contributed by atoms with E-state index in [0.29, 0.717) is 0 Å². The maximum Gasteiger partial charge on any atom is 0.747 e. The maximum absolute atomic E-state index is 10.3. The molecule has 1 aromatic carbocycles. The second-order valence-corrected chi connectivity index (χ2v) is 3.14. The third-order valence-corrected chi connectivity index (χ3v) is 2.01. The molecule has 1 aromatic rings. The molecule has 5 nitrogen and oxygen atoms in total. The Bertz CT molecular complexity index is 329. The zero-order valence-corrected chi connectivity index (χ0v) is 9.23. The molecular weight excluding hydrogens is 310 g/mol. The standard InChI is InChI=1S/C6H4IO5P/c7-11-5-2-1-4(8)3-6(5)12-13(9)10/h1-3H,(H-,8,9,10)/p+1. The van der Waals surface area contributed by atoms with Gasteiger partial charge in [-0.25, -0.2) is 4.52 Å². The van der Waals surface area contributed by atoms with Crippen molar-refractivity contribution in [2.45, 2.75) is 0 Å². The van der Waals surface area contributed by atoms with Gasteiger partial charge < -0.3 is 8.17 Å². The predicted molar refractivity (Wildman–Crippen MR) is 53.2 cm³/mol. The van der Waals surface area contributed by atoms with Gasteiger partial charge in [0.05, 0.1) is 0 Å². The van der Waals surface area contributed by atoms with Crippen molar-refractivity contribution in [3.05, 3.63) is 18.2 Å². The van der Waals surface area contributed by atoms with E-state index in [0.717, 1.165) is 0 Å². The van der Waals surface area contributed by atoms with Gasteiger partial charge in [-0.15, -0.1) is 4.89 Å². The lowest BCUT2D eigenvalue weighted by molar-refractivity contribution is 0.403. The van der Waals surface area contributed by atoms with E-state index in [-0.39, 0.29) is 17.2 Å². The summed E-state index contributed by atoms with van der Waals surface area (Å²) >= 11 is 1.60. The Labute approximate surface area is 88.9 Å². The highest BCUT2D eigenvalue weighted by molar-refractivity contribution is 14.1. The minimum absolute atomic E-state index is 0.0259. The molecule has 0 amide bonds. The lowest BCUT2D eigenvalue weighted by atomic mass is 10.3. The summed E-state index contributed by atoms with van der Waals surface area (Å²) in [4.78, 5) is 8.46. The smallest absolute Gasteiger partial charge is 0.508 e. The van der Waals surface area contributed by atoms with Crippen LogP contribution in [0.4, 0.5) is 0 Å². The minimum Gasteiger partial charge on any atom is -0.508 e. The molecule has 0 bridgehead atoms. The van der Waals surface area contributed by atoms with E-state index < -0.39 is 8.25 Å². The topological polar surface area (TPSA) is 76.0 Å². The van der Waals surface area contributed by atoms with E-state index in [2.05, 4.69) is 4.52 Å². The molecule has 0 fully saturated rings. The monoisotopic (exact) mass is 315 g/mol. The molecule has 0 aromatic heterocycles. The second-order valence-electron chi connectivity index (χ2n) is 2.04. The van der Waals surface area contributed by atoms with Crippen LogP contribution in [0.3, 0.4) is 0 Å². The van der Waals surface area contributed by atoms with Gasteiger partial charge in [-0.05, 0) is 12.1 Å². The molecule has 0 saturated heterocycles. The lowest BCUT2D eigenvalue weighted by Gasteiger charge is -1.99. The van der Waals surface area contributed by atoms with Crippen molar-refractivity contribution in [1.82, 2.24) is 0 Å². The van der Waals surface area contributed by atoms with Gasteiger partial charge >= 0.3 is 8.25 Å². The van der Waals surface area contributed by atoms with Crippen LogP contribution in [-0.4, -0.2) is 10.00 Å². The van der Waals surface area contributed by atoms with E-state index in [1.807, 2.05) is 0 Å². The number of phenols is 1. The summed E-state index contributed by atoms with van der Waals surface area (Å²) in [6.45, 7) is 0. The van der Waals surface area contributed by atoms with Crippen molar-refractivity contribution in [2.75, 3.05) is 0 Å². The highest BCUT2D eigenvalue weighted by Gasteiger charge is 2.19. The molecule has 2 N–H and O–H groups in total. The molecule has 0 saturated carbocycles.